The number of likely N-dealkylation sites (tertiary alicyclic amines) is 1. The summed E-state index contributed by atoms with van der Waals surface area (Å²) in [4.78, 5) is 14.4. The van der Waals surface area contributed by atoms with E-state index >= 15 is 0 Å². The molecule has 1 amide bonds. The van der Waals surface area contributed by atoms with Gasteiger partial charge in [-0.3, -0.25) is 4.79 Å². The van der Waals surface area contributed by atoms with Crippen molar-refractivity contribution in [3.8, 4) is 0 Å². The molecule has 1 aliphatic carbocycles. The first-order valence-electron chi connectivity index (χ1n) is 7.17. The van der Waals surface area contributed by atoms with E-state index < -0.39 is 5.38 Å². The van der Waals surface area contributed by atoms with Gasteiger partial charge in [-0.15, -0.1) is 11.6 Å². The van der Waals surface area contributed by atoms with E-state index in [4.69, 9.17) is 11.6 Å². The molecule has 1 heterocycles. The number of hydrogen-bond acceptors (Lipinski definition) is 1. The monoisotopic (exact) mass is 277 g/mol. The average Bonchev–Trinajstić information content (AvgIpc) is 2.41. The number of fused-ring (bicyclic) bond motifs is 1. The van der Waals surface area contributed by atoms with Crippen LogP contribution in [0, 0.1) is 5.92 Å². The molecule has 1 aromatic carbocycles. The Labute approximate surface area is 119 Å². The second kappa shape index (κ2) is 4.82. The molecule has 2 aliphatic rings. The highest BCUT2D eigenvalue weighted by atomic mass is 35.5. The van der Waals surface area contributed by atoms with Crippen molar-refractivity contribution in [2.75, 3.05) is 6.54 Å². The van der Waals surface area contributed by atoms with Crippen LogP contribution in [0.15, 0.2) is 30.3 Å². The maximum atomic E-state index is 12.4. The Morgan fingerprint density at radius 2 is 2.11 bits per heavy atom. The summed E-state index contributed by atoms with van der Waals surface area (Å²) in [5.74, 6) is 0.701. The first-order chi connectivity index (χ1) is 9.16. The third kappa shape index (κ3) is 1.88. The fraction of sp³-hybridized carbons (Fsp3) is 0.562. The van der Waals surface area contributed by atoms with Crippen LogP contribution in [-0.4, -0.2) is 22.7 Å². The molecular formula is C16H20ClNO. The molecular weight excluding hydrogens is 258 g/mol. The van der Waals surface area contributed by atoms with Crippen molar-refractivity contribution in [2.24, 2.45) is 5.92 Å². The highest BCUT2D eigenvalue weighted by molar-refractivity contribution is 6.30. The average molecular weight is 278 g/mol. The van der Waals surface area contributed by atoms with Gasteiger partial charge in [0.05, 0.1) is 5.54 Å². The minimum atomic E-state index is -0.427. The summed E-state index contributed by atoms with van der Waals surface area (Å²) in [5, 5.41) is -0.427. The van der Waals surface area contributed by atoms with Gasteiger partial charge < -0.3 is 4.90 Å². The summed E-state index contributed by atoms with van der Waals surface area (Å²) < 4.78 is 0. The predicted molar refractivity (Wildman–Crippen MR) is 77.1 cm³/mol. The SMILES string of the molecule is CC(Cl)C(=O)N1CC2CCCCC21c1ccccc1. The lowest BCUT2D eigenvalue weighted by atomic mass is 9.61. The van der Waals surface area contributed by atoms with Crippen LogP contribution in [0.3, 0.4) is 0 Å². The molecule has 0 bridgehead atoms. The van der Waals surface area contributed by atoms with E-state index in [0.29, 0.717) is 5.92 Å². The number of hydrogen-bond donors (Lipinski definition) is 0. The van der Waals surface area contributed by atoms with E-state index in [1.54, 1.807) is 6.92 Å². The lowest BCUT2D eigenvalue weighted by Gasteiger charge is -2.61. The molecule has 0 radical (unpaired) electrons. The van der Waals surface area contributed by atoms with E-state index in [1.807, 2.05) is 11.0 Å². The molecule has 3 heteroatoms. The number of benzene rings is 1. The Balaban J connectivity index is 1.98. The molecule has 19 heavy (non-hydrogen) atoms. The van der Waals surface area contributed by atoms with Crippen LogP contribution in [0.25, 0.3) is 0 Å². The maximum absolute atomic E-state index is 12.4. The van der Waals surface area contributed by atoms with Crippen LogP contribution in [0.5, 0.6) is 0 Å². The minimum Gasteiger partial charge on any atom is -0.331 e. The number of carbonyl (C=O) groups is 1. The lowest BCUT2D eigenvalue weighted by Crippen LogP contribution is -2.68. The van der Waals surface area contributed by atoms with Crippen LogP contribution in [-0.2, 0) is 10.3 Å². The minimum absolute atomic E-state index is 0.0697. The highest BCUT2D eigenvalue weighted by Gasteiger charge is 2.57. The summed E-state index contributed by atoms with van der Waals surface area (Å²) in [7, 11) is 0. The second-order valence-corrected chi connectivity index (χ2v) is 6.45. The van der Waals surface area contributed by atoms with Gasteiger partial charge in [0.15, 0.2) is 0 Å². The summed E-state index contributed by atoms with van der Waals surface area (Å²) in [6.07, 6.45) is 4.80. The largest absolute Gasteiger partial charge is 0.331 e. The molecule has 102 valence electrons. The first-order valence-corrected chi connectivity index (χ1v) is 7.61. The second-order valence-electron chi connectivity index (χ2n) is 5.80. The topological polar surface area (TPSA) is 20.3 Å². The highest BCUT2D eigenvalue weighted by Crippen LogP contribution is 2.54. The van der Waals surface area contributed by atoms with E-state index in [9.17, 15) is 4.79 Å². The number of carbonyl (C=O) groups excluding carboxylic acids is 1. The Kier molecular flexibility index (Phi) is 3.30. The molecule has 3 rings (SSSR count). The molecule has 1 saturated carbocycles. The molecule has 1 saturated heterocycles. The molecule has 0 spiro atoms. The third-order valence-corrected chi connectivity index (χ3v) is 4.99. The van der Waals surface area contributed by atoms with Gasteiger partial charge in [-0.05, 0) is 25.3 Å². The van der Waals surface area contributed by atoms with Crippen LogP contribution in [0.1, 0.15) is 38.2 Å². The van der Waals surface area contributed by atoms with Gasteiger partial charge in [0, 0.05) is 12.5 Å². The van der Waals surface area contributed by atoms with Gasteiger partial charge in [0.1, 0.15) is 5.38 Å². The van der Waals surface area contributed by atoms with E-state index in [0.717, 1.165) is 13.0 Å². The van der Waals surface area contributed by atoms with Crippen molar-refractivity contribution < 1.29 is 4.79 Å². The van der Waals surface area contributed by atoms with Crippen molar-refractivity contribution in [3.63, 3.8) is 0 Å². The normalized spacial score (nSPS) is 31.3. The van der Waals surface area contributed by atoms with E-state index in [2.05, 4.69) is 24.3 Å². The molecule has 0 aromatic heterocycles. The van der Waals surface area contributed by atoms with E-state index in [1.165, 1.54) is 24.8 Å². The molecule has 2 fully saturated rings. The first kappa shape index (κ1) is 13.0. The summed E-state index contributed by atoms with van der Waals surface area (Å²) in [6.45, 7) is 2.66. The number of alkyl halides is 1. The molecule has 0 N–H and O–H groups in total. The molecule has 2 nitrogen and oxygen atoms in total. The summed E-state index contributed by atoms with van der Waals surface area (Å²) >= 11 is 6.03. The Morgan fingerprint density at radius 3 is 2.74 bits per heavy atom. The fourth-order valence-corrected chi connectivity index (χ4v) is 3.98. The van der Waals surface area contributed by atoms with Gasteiger partial charge >= 0.3 is 0 Å². The maximum Gasteiger partial charge on any atom is 0.241 e. The molecule has 1 aliphatic heterocycles. The molecule has 1 aromatic rings. The zero-order valence-electron chi connectivity index (χ0n) is 11.3. The third-order valence-electron chi connectivity index (χ3n) is 4.80. The number of halogens is 1. The van der Waals surface area contributed by atoms with Crippen molar-refractivity contribution in [1.82, 2.24) is 4.90 Å². The number of rotatable bonds is 2. The Morgan fingerprint density at radius 1 is 1.37 bits per heavy atom. The van der Waals surface area contributed by atoms with E-state index in [-0.39, 0.29) is 11.4 Å². The fourth-order valence-electron chi connectivity index (χ4n) is 3.86. The van der Waals surface area contributed by atoms with Crippen LogP contribution in [0.4, 0.5) is 0 Å². The van der Waals surface area contributed by atoms with Crippen molar-refractivity contribution in [1.29, 1.82) is 0 Å². The van der Waals surface area contributed by atoms with Gasteiger partial charge in [0.25, 0.3) is 0 Å². The number of nitrogens with zero attached hydrogens (tertiary/aromatic N) is 1. The predicted octanol–water partition coefficient (Wildman–Crippen LogP) is 3.54. The Hall–Kier alpha value is -1.02. The molecule has 3 unspecified atom stereocenters. The van der Waals surface area contributed by atoms with Gasteiger partial charge in [-0.25, -0.2) is 0 Å². The van der Waals surface area contributed by atoms with Gasteiger partial charge in [-0.1, -0.05) is 43.2 Å². The number of amides is 1. The smallest absolute Gasteiger partial charge is 0.241 e. The Bertz CT molecular complexity index is 473. The van der Waals surface area contributed by atoms with Crippen LogP contribution in [0.2, 0.25) is 0 Å². The quantitative estimate of drug-likeness (QED) is 0.757. The van der Waals surface area contributed by atoms with Crippen molar-refractivity contribution in [2.45, 2.75) is 43.5 Å². The van der Waals surface area contributed by atoms with Crippen molar-refractivity contribution in [3.05, 3.63) is 35.9 Å². The zero-order valence-corrected chi connectivity index (χ0v) is 12.1. The zero-order chi connectivity index (χ0) is 13.5. The van der Waals surface area contributed by atoms with Crippen molar-refractivity contribution >= 4 is 17.5 Å². The van der Waals surface area contributed by atoms with Gasteiger partial charge in [0.2, 0.25) is 5.91 Å². The van der Waals surface area contributed by atoms with Gasteiger partial charge in [-0.2, -0.15) is 0 Å². The standard InChI is InChI=1S/C16H20ClNO/c1-12(17)15(19)18-11-14-9-5-6-10-16(14,18)13-7-3-2-4-8-13/h2-4,7-8,12,14H,5-6,9-11H2,1H3. The lowest BCUT2D eigenvalue weighted by molar-refractivity contribution is -0.166. The van der Waals surface area contributed by atoms with Crippen LogP contribution < -0.4 is 0 Å². The summed E-state index contributed by atoms with van der Waals surface area (Å²) in [6, 6.07) is 10.5. The molecule has 3 atom stereocenters. The van der Waals surface area contributed by atoms with Crippen LogP contribution >= 0.6 is 11.6 Å². The summed E-state index contributed by atoms with van der Waals surface area (Å²) in [5.41, 5.74) is 1.22.